The monoisotopic (exact) mass is 213 g/mol. The van der Waals surface area contributed by atoms with E-state index in [-0.39, 0.29) is 0 Å². The highest BCUT2D eigenvalue weighted by atomic mass is 14.7. The molecule has 0 radical (unpaired) electrons. The summed E-state index contributed by atoms with van der Waals surface area (Å²) >= 11 is 0. The molecule has 1 heteroatoms. The highest BCUT2D eigenvalue weighted by Gasteiger charge is 2.32. The van der Waals surface area contributed by atoms with Gasteiger partial charge in [0.2, 0.25) is 0 Å². The number of benzene rings is 1. The number of H-pyrrole nitrogens is 1. The maximum Gasteiger partial charge on any atom is 0.0458 e. The fourth-order valence-electron chi connectivity index (χ4n) is 2.84. The van der Waals surface area contributed by atoms with Gasteiger partial charge in [-0.1, -0.05) is 39.0 Å². The number of nitrogens with one attached hydrogen (secondary N) is 1. The lowest BCUT2D eigenvalue weighted by atomic mass is 9.79. The van der Waals surface area contributed by atoms with E-state index in [2.05, 4.69) is 50.0 Å². The van der Waals surface area contributed by atoms with E-state index in [1.165, 1.54) is 29.4 Å². The van der Waals surface area contributed by atoms with Crippen LogP contribution in [0, 0.1) is 11.3 Å². The van der Waals surface area contributed by atoms with Gasteiger partial charge in [-0.15, -0.1) is 0 Å². The van der Waals surface area contributed by atoms with E-state index in [1.54, 1.807) is 5.56 Å². The molecule has 1 heterocycles. The standard InChI is InChI=1S/C15H19N/c1-15(2,3)10-8-12-11-6-4-5-7-13(11)16-14(12)9-10/h4-7,10,16H,8-9H2,1-3H3. The average Bonchev–Trinajstić information content (AvgIpc) is 2.72. The molecule has 0 aliphatic heterocycles. The van der Waals surface area contributed by atoms with Crippen LogP contribution in [-0.4, -0.2) is 4.98 Å². The van der Waals surface area contributed by atoms with Crippen molar-refractivity contribution in [2.75, 3.05) is 0 Å². The van der Waals surface area contributed by atoms with Gasteiger partial charge in [-0.2, -0.15) is 0 Å². The van der Waals surface area contributed by atoms with E-state index in [0.29, 0.717) is 5.41 Å². The van der Waals surface area contributed by atoms with Crippen molar-refractivity contribution >= 4 is 10.9 Å². The summed E-state index contributed by atoms with van der Waals surface area (Å²) in [5.74, 6) is 0.790. The van der Waals surface area contributed by atoms with E-state index in [0.717, 1.165) is 5.92 Å². The summed E-state index contributed by atoms with van der Waals surface area (Å²) in [6.07, 6.45) is 2.45. The van der Waals surface area contributed by atoms with E-state index in [4.69, 9.17) is 0 Å². The van der Waals surface area contributed by atoms with Crippen molar-refractivity contribution in [2.45, 2.75) is 33.6 Å². The van der Waals surface area contributed by atoms with Crippen molar-refractivity contribution in [3.05, 3.63) is 35.5 Å². The lowest BCUT2D eigenvalue weighted by Crippen LogP contribution is -2.20. The molecule has 0 saturated heterocycles. The zero-order valence-electron chi connectivity index (χ0n) is 10.3. The Morgan fingerprint density at radius 1 is 1.12 bits per heavy atom. The summed E-state index contributed by atoms with van der Waals surface area (Å²) in [7, 11) is 0. The number of aromatic nitrogens is 1. The number of hydrogen-bond donors (Lipinski definition) is 1. The van der Waals surface area contributed by atoms with Crippen molar-refractivity contribution < 1.29 is 0 Å². The van der Waals surface area contributed by atoms with Crippen LogP contribution in [0.5, 0.6) is 0 Å². The molecule has 0 spiro atoms. The molecule has 1 N–H and O–H groups in total. The molecule has 1 nitrogen and oxygen atoms in total. The van der Waals surface area contributed by atoms with Gasteiger partial charge >= 0.3 is 0 Å². The Labute approximate surface area is 96.9 Å². The SMILES string of the molecule is CC(C)(C)C1Cc2[nH]c3ccccc3c2C1. The van der Waals surface area contributed by atoms with Crippen LogP contribution in [0.2, 0.25) is 0 Å². The molecule has 0 fully saturated rings. The van der Waals surface area contributed by atoms with Gasteiger partial charge in [-0.05, 0) is 35.8 Å². The molecule has 84 valence electrons. The van der Waals surface area contributed by atoms with Crippen LogP contribution in [0.3, 0.4) is 0 Å². The van der Waals surface area contributed by atoms with Gasteiger partial charge in [0.1, 0.15) is 0 Å². The molecule has 0 amide bonds. The molecule has 0 saturated carbocycles. The smallest absolute Gasteiger partial charge is 0.0458 e. The second-order valence-corrected chi connectivity index (χ2v) is 6.10. The summed E-state index contributed by atoms with van der Waals surface area (Å²) in [6.45, 7) is 7.06. The molecule has 1 atom stereocenters. The summed E-state index contributed by atoms with van der Waals surface area (Å²) in [5.41, 5.74) is 4.76. The van der Waals surface area contributed by atoms with Crippen molar-refractivity contribution in [3.63, 3.8) is 0 Å². The van der Waals surface area contributed by atoms with E-state index < -0.39 is 0 Å². The lowest BCUT2D eigenvalue weighted by Gasteiger charge is -2.26. The molecular formula is C15H19N. The van der Waals surface area contributed by atoms with Crippen molar-refractivity contribution in [2.24, 2.45) is 11.3 Å². The van der Waals surface area contributed by atoms with Crippen molar-refractivity contribution in [1.29, 1.82) is 0 Å². The first-order valence-electron chi connectivity index (χ1n) is 6.14. The van der Waals surface area contributed by atoms with Crippen LogP contribution in [-0.2, 0) is 12.8 Å². The van der Waals surface area contributed by atoms with Gasteiger partial charge < -0.3 is 4.98 Å². The molecule has 1 aliphatic carbocycles. The number of para-hydroxylation sites is 1. The highest BCUT2D eigenvalue weighted by Crippen LogP contribution is 2.40. The maximum absolute atomic E-state index is 3.58. The zero-order chi connectivity index (χ0) is 11.3. The summed E-state index contributed by atoms with van der Waals surface area (Å²) in [6, 6.07) is 8.67. The van der Waals surface area contributed by atoms with Crippen LogP contribution < -0.4 is 0 Å². The predicted molar refractivity (Wildman–Crippen MR) is 68.7 cm³/mol. The van der Waals surface area contributed by atoms with Crippen LogP contribution in [0.4, 0.5) is 0 Å². The van der Waals surface area contributed by atoms with Crippen LogP contribution in [0.15, 0.2) is 24.3 Å². The average molecular weight is 213 g/mol. The number of rotatable bonds is 0. The highest BCUT2D eigenvalue weighted by molar-refractivity contribution is 5.85. The Kier molecular flexibility index (Phi) is 1.95. The Hall–Kier alpha value is -1.24. The minimum absolute atomic E-state index is 0.418. The van der Waals surface area contributed by atoms with Gasteiger partial charge in [-0.3, -0.25) is 0 Å². The summed E-state index contributed by atoms with van der Waals surface area (Å²) in [5, 5.41) is 1.43. The van der Waals surface area contributed by atoms with Gasteiger partial charge in [-0.25, -0.2) is 0 Å². The summed E-state index contributed by atoms with van der Waals surface area (Å²) < 4.78 is 0. The minimum Gasteiger partial charge on any atom is -0.358 e. The quantitative estimate of drug-likeness (QED) is 0.682. The molecule has 1 unspecified atom stereocenters. The zero-order valence-corrected chi connectivity index (χ0v) is 10.3. The predicted octanol–water partition coefficient (Wildman–Crippen LogP) is 3.93. The molecule has 1 aromatic carbocycles. The summed E-state index contributed by atoms with van der Waals surface area (Å²) in [4.78, 5) is 3.58. The number of hydrogen-bond acceptors (Lipinski definition) is 0. The Morgan fingerprint density at radius 2 is 1.88 bits per heavy atom. The third-order valence-corrected chi connectivity index (χ3v) is 4.03. The third kappa shape index (κ3) is 1.38. The number of aromatic amines is 1. The Morgan fingerprint density at radius 3 is 2.62 bits per heavy atom. The number of fused-ring (bicyclic) bond motifs is 3. The van der Waals surface area contributed by atoms with Crippen LogP contribution in [0.1, 0.15) is 32.0 Å². The lowest BCUT2D eigenvalue weighted by molar-refractivity contribution is 0.250. The molecule has 1 aromatic heterocycles. The fourth-order valence-corrected chi connectivity index (χ4v) is 2.84. The van der Waals surface area contributed by atoms with Crippen LogP contribution in [0.25, 0.3) is 10.9 Å². The first-order chi connectivity index (χ1) is 7.55. The van der Waals surface area contributed by atoms with Crippen LogP contribution >= 0.6 is 0 Å². The Balaban J connectivity index is 2.05. The van der Waals surface area contributed by atoms with E-state index in [9.17, 15) is 0 Å². The normalized spacial score (nSPS) is 20.3. The molecule has 3 rings (SSSR count). The fraction of sp³-hybridized carbons (Fsp3) is 0.467. The second-order valence-electron chi connectivity index (χ2n) is 6.10. The molecule has 16 heavy (non-hydrogen) atoms. The van der Waals surface area contributed by atoms with Crippen molar-refractivity contribution in [1.82, 2.24) is 4.98 Å². The van der Waals surface area contributed by atoms with Gasteiger partial charge in [0.15, 0.2) is 0 Å². The largest absolute Gasteiger partial charge is 0.358 e. The Bertz CT molecular complexity index is 528. The van der Waals surface area contributed by atoms with E-state index in [1.807, 2.05) is 0 Å². The van der Waals surface area contributed by atoms with Crippen molar-refractivity contribution in [3.8, 4) is 0 Å². The molecule has 2 aromatic rings. The third-order valence-electron chi connectivity index (χ3n) is 4.03. The second kappa shape index (κ2) is 3.13. The maximum atomic E-state index is 3.58. The minimum atomic E-state index is 0.418. The first kappa shape index (κ1) is 9.95. The topological polar surface area (TPSA) is 15.8 Å². The van der Waals surface area contributed by atoms with Gasteiger partial charge in [0.25, 0.3) is 0 Å². The molecule has 0 bridgehead atoms. The van der Waals surface area contributed by atoms with E-state index >= 15 is 0 Å². The first-order valence-corrected chi connectivity index (χ1v) is 6.14. The molecule has 1 aliphatic rings. The molecular weight excluding hydrogens is 194 g/mol. The van der Waals surface area contributed by atoms with Gasteiger partial charge in [0, 0.05) is 16.6 Å². The van der Waals surface area contributed by atoms with Gasteiger partial charge in [0.05, 0.1) is 0 Å².